The summed E-state index contributed by atoms with van der Waals surface area (Å²) in [5.74, 6) is -0.0349. The number of hydrogen-bond acceptors (Lipinski definition) is 5. The average Bonchev–Trinajstić information content (AvgIpc) is 2.88. The Morgan fingerprint density at radius 3 is 2.31 bits per heavy atom. The number of carbonyl (C=O) groups excluding carboxylic acids is 1. The number of aliphatic hydroxyl groups is 1. The topological polar surface area (TPSA) is 81.9 Å². The quantitative estimate of drug-likeness (QED) is 0.570. The van der Waals surface area contributed by atoms with E-state index < -0.39 is 0 Å². The van der Waals surface area contributed by atoms with Crippen molar-refractivity contribution in [1.29, 1.82) is 0 Å². The number of rotatable bonds is 2. The van der Waals surface area contributed by atoms with Crippen molar-refractivity contribution in [1.82, 2.24) is 0 Å². The molecule has 0 bridgehead atoms. The highest BCUT2D eigenvalue weighted by molar-refractivity contribution is 6.36. The summed E-state index contributed by atoms with van der Waals surface area (Å²) >= 11 is 0. The summed E-state index contributed by atoms with van der Waals surface area (Å²) in [5, 5.41) is 23.9. The summed E-state index contributed by atoms with van der Waals surface area (Å²) in [4.78, 5) is 17.8. The van der Waals surface area contributed by atoms with E-state index in [4.69, 9.17) is 4.99 Å². The molecule has 0 aromatic heterocycles. The molecule has 0 spiro atoms. The Balaban J connectivity index is 1.64. The summed E-state index contributed by atoms with van der Waals surface area (Å²) < 4.78 is 0. The van der Waals surface area contributed by atoms with Crippen LogP contribution in [-0.4, -0.2) is 21.7 Å². The number of phenols is 1. The van der Waals surface area contributed by atoms with Gasteiger partial charge in [0, 0.05) is 17.5 Å². The molecule has 0 radical (unpaired) electrons. The van der Waals surface area contributed by atoms with Crippen LogP contribution in [0.3, 0.4) is 0 Å². The molecule has 5 nitrogen and oxygen atoms in total. The minimum atomic E-state index is -0.208. The third-order valence-electron chi connectivity index (χ3n) is 5.36. The molecule has 1 heterocycles. The summed E-state index contributed by atoms with van der Waals surface area (Å²) in [7, 11) is 0. The van der Waals surface area contributed by atoms with Crippen molar-refractivity contribution in [2.24, 2.45) is 4.99 Å². The van der Waals surface area contributed by atoms with E-state index in [0.29, 0.717) is 28.9 Å². The molecule has 142 valence electrons. The van der Waals surface area contributed by atoms with Gasteiger partial charge in [0.2, 0.25) is 0 Å². The number of Topliss-reactive ketones (excluding diaryl/α,β-unsaturated/α-hetero) is 1. The molecule has 3 aromatic carbocycles. The monoisotopic (exact) mass is 382 g/mol. The van der Waals surface area contributed by atoms with E-state index in [1.54, 1.807) is 36.4 Å². The number of hydrogen-bond donors (Lipinski definition) is 3. The van der Waals surface area contributed by atoms with Gasteiger partial charge in [-0.2, -0.15) is 0 Å². The molecule has 29 heavy (non-hydrogen) atoms. The molecule has 1 unspecified atom stereocenters. The van der Waals surface area contributed by atoms with Gasteiger partial charge >= 0.3 is 0 Å². The molecule has 0 fully saturated rings. The standard InChI is InChI=1S/C24H18N2O3/c27-15-11-9-14(10-12-15)20-13-21(26-19-8-4-3-7-18(19)25-20)22-23(28)16-5-1-2-6-17(16)24(22)29/h1-12,20,25,27-28H,13H2. The SMILES string of the molecule is O=C1C(C2=Nc3ccccc3NC(c3ccc(O)cc3)C2)=C(O)c2ccccc21. The zero-order valence-corrected chi connectivity index (χ0v) is 15.5. The van der Waals surface area contributed by atoms with Crippen molar-refractivity contribution >= 4 is 28.6 Å². The van der Waals surface area contributed by atoms with Crippen LogP contribution in [0.5, 0.6) is 5.75 Å². The lowest BCUT2D eigenvalue weighted by molar-refractivity contribution is 0.104. The predicted molar refractivity (Wildman–Crippen MR) is 113 cm³/mol. The van der Waals surface area contributed by atoms with Crippen LogP contribution in [0.1, 0.15) is 33.9 Å². The number of benzene rings is 3. The number of aromatic hydroxyl groups is 1. The molecule has 0 saturated heterocycles. The number of nitrogens with one attached hydrogen (secondary N) is 1. The number of nitrogens with zero attached hydrogens (tertiary/aromatic N) is 1. The predicted octanol–water partition coefficient (Wildman–Crippen LogP) is 5.19. The zero-order chi connectivity index (χ0) is 20.0. The Morgan fingerprint density at radius 2 is 1.55 bits per heavy atom. The minimum Gasteiger partial charge on any atom is -0.508 e. The van der Waals surface area contributed by atoms with Gasteiger partial charge in [-0.1, -0.05) is 48.5 Å². The number of aliphatic hydroxyl groups excluding tert-OH is 1. The lowest BCUT2D eigenvalue weighted by atomic mass is 9.95. The van der Waals surface area contributed by atoms with Gasteiger partial charge in [-0.25, -0.2) is 0 Å². The Labute approximate surface area is 167 Å². The Hall–Kier alpha value is -3.86. The molecule has 3 N–H and O–H groups in total. The van der Waals surface area contributed by atoms with Crippen molar-refractivity contribution in [2.75, 3.05) is 5.32 Å². The lowest BCUT2D eigenvalue weighted by Crippen LogP contribution is -2.17. The maximum atomic E-state index is 13.1. The normalized spacial score (nSPS) is 17.9. The van der Waals surface area contributed by atoms with Crippen LogP contribution in [-0.2, 0) is 0 Å². The van der Waals surface area contributed by atoms with Crippen molar-refractivity contribution in [2.45, 2.75) is 12.5 Å². The molecular weight excluding hydrogens is 364 g/mol. The van der Waals surface area contributed by atoms with Crippen LogP contribution in [0, 0.1) is 0 Å². The van der Waals surface area contributed by atoms with Crippen LogP contribution in [0.15, 0.2) is 83.4 Å². The largest absolute Gasteiger partial charge is 0.508 e. The van der Waals surface area contributed by atoms with Crippen LogP contribution < -0.4 is 5.32 Å². The lowest BCUT2D eigenvalue weighted by Gasteiger charge is -2.19. The number of anilines is 1. The van der Waals surface area contributed by atoms with E-state index in [1.807, 2.05) is 36.4 Å². The maximum Gasteiger partial charge on any atom is 0.199 e. The maximum absolute atomic E-state index is 13.1. The van der Waals surface area contributed by atoms with Gasteiger partial charge in [0.25, 0.3) is 0 Å². The van der Waals surface area contributed by atoms with Gasteiger partial charge in [0.05, 0.1) is 28.7 Å². The fourth-order valence-corrected chi connectivity index (χ4v) is 3.91. The second-order valence-corrected chi connectivity index (χ2v) is 7.17. The molecule has 1 aliphatic carbocycles. The van der Waals surface area contributed by atoms with E-state index in [9.17, 15) is 15.0 Å². The molecule has 1 aliphatic heterocycles. The van der Waals surface area contributed by atoms with Crippen molar-refractivity contribution in [3.63, 3.8) is 0 Å². The van der Waals surface area contributed by atoms with Gasteiger partial charge in [0.1, 0.15) is 11.5 Å². The molecule has 1 atom stereocenters. The van der Waals surface area contributed by atoms with Crippen molar-refractivity contribution in [3.05, 3.63) is 95.1 Å². The first-order valence-corrected chi connectivity index (χ1v) is 9.41. The second-order valence-electron chi connectivity index (χ2n) is 7.17. The van der Waals surface area contributed by atoms with E-state index in [0.717, 1.165) is 11.3 Å². The van der Waals surface area contributed by atoms with Gasteiger partial charge in [-0.3, -0.25) is 9.79 Å². The average molecular weight is 382 g/mol. The molecule has 2 aliphatic rings. The summed E-state index contributed by atoms with van der Waals surface area (Å²) in [6.07, 6.45) is 0.415. The van der Waals surface area contributed by atoms with E-state index in [1.165, 1.54) is 0 Å². The summed E-state index contributed by atoms with van der Waals surface area (Å²) in [6, 6.07) is 21.5. The number of para-hydroxylation sites is 2. The summed E-state index contributed by atoms with van der Waals surface area (Å²) in [5.41, 5.74) is 4.36. The van der Waals surface area contributed by atoms with Crippen LogP contribution in [0.4, 0.5) is 11.4 Å². The smallest absolute Gasteiger partial charge is 0.199 e. The molecule has 0 saturated carbocycles. The van der Waals surface area contributed by atoms with Crippen molar-refractivity contribution < 1.29 is 15.0 Å². The van der Waals surface area contributed by atoms with Gasteiger partial charge in [-0.05, 0) is 29.8 Å². The minimum absolute atomic E-state index is 0.0202. The molecule has 3 aromatic rings. The second kappa shape index (κ2) is 6.63. The summed E-state index contributed by atoms with van der Waals surface area (Å²) in [6.45, 7) is 0. The van der Waals surface area contributed by atoms with Crippen LogP contribution in [0.25, 0.3) is 5.76 Å². The number of carbonyl (C=O) groups is 1. The Bertz CT molecular complexity index is 1190. The van der Waals surface area contributed by atoms with E-state index in [2.05, 4.69) is 5.32 Å². The van der Waals surface area contributed by atoms with E-state index in [-0.39, 0.29) is 28.9 Å². The molecular formula is C24H18N2O3. The highest BCUT2D eigenvalue weighted by atomic mass is 16.3. The van der Waals surface area contributed by atoms with Crippen LogP contribution in [0.2, 0.25) is 0 Å². The third-order valence-corrected chi connectivity index (χ3v) is 5.36. The van der Waals surface area contributed by atoms with Gasteiger partial charge < -0.3 is 15.5 Å². The fourth-order valence-electron chi connectivity index (χ4n) is 3.91. The highest BCUT2D eigenvalue weighted by Crippen LogP contribution is 2.39. The van der Waals surface area contributed by atoms with Gasteiger partial charge in [-0.15, -0.1) is 0 Å². The highest BCUT2D eigenvalue weighted by Gasteiger charge is 2.34. The first-order chi connectivity index (χ1) is 14.1. The molecule has 5 rings (SSSR count). The van der Waals surface area contributed by atoms with Crippen LogP contribution >= 0.6 is 0 Å². The Morgan fingerprint density at radius 1 is 0.862 bits per heavy atom. The molecule has 0 amide bonds. The Kier molecular flexibility index (Phi) is 3.95. The number of allylic oxidation sites excluding steroid dienone is 1. The van der Waals surface area contributed by atoms with E-state index >= 15 is 0 Å². The first kappa shape index (κ1) is 17.3. The fraction of sp³-hybridized carbons (Fsp3) is 0.0833. The zero-order valence-electron chi connectivity index (χ0n) is 15.5. The molecule has 5 heteroatoms. The number of phenolic OH excluding ortho intramolecular Hbond substituents is 1. The number of fused-ring (bicyclic) bond motifs is 2. The number of aliphatic imine (C=N–C) groups is 1. The first-order valence-electron chi connectivity index (χ1n) is 9.41. The third kappa shape index (κ3) is 2.88. The number of ketones is 1. The van der Waals surface area contributed by atoms with Crippen molar-refractivity contribution in [3.8, 4) is 5.75 Å². The van der Waals surface area contributed by atoms with Gasteiger partial charge in [0.15, 0.2) is 5.78 Å².